The van der Waals surface area contributed by atoms with E-state index >= 15 is 0 Å². The van der Waals surface area contributed by atoms with E-state index in [1.54, 1.807) is 0 Å². The number of hydrogen-bond donors (Lipinski definition) is 0. The van der Waals surface area contributed by atoms with E-state index < -0.39 is 6.10 Å². The molecule has 0 bridgehead atoms. The molecule has 1 unspecified atom stereocenters. The van der Waals surface area contributed by atoms with Crippen LogP contribution in [0.5, 0.6) is 0 Å². The summed E-state index contributed by atoms with van der Waals surface area (Å²) < 4.78 is 16.7. The zero-order valence-electron chi connectivity index (χ0n) is 37.6. The highest BCUT2D eigenvalue weighted by Crippen LogP contribution is 2.14. The van der Waals surface area contributed by atoms with Gasteiger partial charge in [0.25, 0.3) is 0 Å². The fraction of sp³-hybridized carbons (Fsp3) is 0.784. The summed E-state index contributed by atoms with van der Waals surface area (Å²) in [5.41, 5.74) is 0. The molecule has 0 aromatic heterocycles. The van der Waals surface area contributed by atoms with E-state index in [1.807, 2.05) is 0 Å². The largest absolute Gasteiger partial charge is 0.462 e. The van der Waals surface area contributed by atoms with E-state index in [2.05, 4.69) is 69.4 Å². The van der Waals surface area contributed by atoms with Gasteiger partial charge in [-0.15, -0.1) is 0 Å². The molecule has 1 atom stereocenters. The second kappa shape index (κ2) is 46.1. The van der Waals surface area contributed by atoms with Crippen LogP contribution >= 0.6 is 0 Å². The number of unbranched alkanes of at least 4 members (excludes halogenated alkanes) is 24. The number of carbonyl (C=O) groups is 3. The van der Waals surface area contributed by atoms with Crippen molar-refractivity contribution >= 4 is 17.9 Å². The molecular weight excluding hydrogens is 709 g/mol. The Balaban J connectivity index is 4.41. The molecule has 0 saturated carbocycles. The topological polar surface area (TPSA) is 78.9 Å². The molecule has 0 aliphatic carbocycles. The van der Waals surface area contributed by atoms with Crippen molar-refractivity contribution in [2.75, 3.05) is 13.2 Å². The Hall–Kier alpha value is -2.63. The summed E-state index contributed by atoms with van der Waals surface area (Å²) in [6.45, 7) is 6.48. The zero-order valence-corrected chi connectivity index (χ0v) is 37.6. The normalized spacial score (nSPS) is 12.4. The summed E-state index contributed by atoms with van der Waals surface area (Å²) in [7, 11) is 0. The Morgan fingerprint density at radius 3 is 1.11 bits per heavy atom. The lowest BCUT2D eigenvalue weighted by atomic mass is 10.1. The predicted octanol–water partition coefficient (Wildman–Crippen LogP) is 15.5. The Morgan fingerprint density at radius 2 is 0.684 bits per heavy atom. The average molecular weight is 799 g/mol. The van der Waals surface area contributed by atoms with Gasteiger partial charge in [0.2, 0.25) is 0 Å². The SMILES string of the molecule is CC/C=C\C/C=C\C/C=C\CCCCCC(=O)OC(COC(=O)CCCCCCC/C=C\CCCCCCCC)COC(=O)CCCCCCCCCCCCC. The lowest BCUT2D eigenvalue weighted by Crippen LogP contribution is -2.30. The third-order valence-electron chi connectivity index (χ3n) is 10.3. The molecule has 0 fully saturated rings. The van der Waals surface area contributed by atoms with Gasteiger partial charge in [0.1, 0.15) is 13.2 Å². The molecule has 0 N–H and O–H groups in total. The van der Waals surface area contributed by atoms with Crippen LogP contribution in [0.15, 0.2) is 48.6 Å². The molecule has 0 aliphatic rings. The Bertz CT molecular complexity index is 1010. The number of allylic oxidation sites excluding steroid dienone is 8. The lowest BCUT2D eigenvalue weighted by molar-refractivity contribution is -0.167. The molecule has 0 aliphatic heterocycles. The molecule has 0 rings (SSSR count). The minimum atomic E-state index is -0.787. The van der Waals surface area contributed by atoms with Crippen LogP contribution in [0.3, 0.4) is 0 Å². The number of hydrogen-bond acceptors (Lipinski definition) is 6. The van der Waals surface area contributed by atoms with Crippen molar-refractivity contribution in [1.82, 2.24) is 0 Å². The number of esters is 3. The average Bonchev–Trinajstić information content (AvgIpc) is 3.21. The van der Waals surface area contributed by atoms with Crippen molar-refractivity contribution in [3.8, 4) is 0 Å². The molecule has 6 nitrogen and oxygen atoms in total. The van der Waals surface area contributed by atoms with Crippen LogP contribution in [0.25, 0.3) is 0 Å². The minimum Gasteiger partial charge on any atom is -0.462 e. The number of rotatable bonds is 43. The standard InChI is InChI=1S/C51H90O6/c1-4-7-10-13-16-19-22-24-25-27-29-32-35-38-41-44-50(53)56-47-48(46-55-49(52)43-40-37-34-31-28-21-18-15-12-9-6-3)57-51(54)45-42-39-36-33-30-26-23-20-17-14-11-8-5-2/h8,11,17,20,24-26,30,48H,4-7,9-10,12-16,18-19,21-23,27-29,31-47H2,1-3H3/b11-8-,20-17-,25-24-,30-26-. The van der Waals surface area contributed by atoms with Gasteiger partial charge in [0.05, 0.1) is 0 Å². The highest BCUT2D eigenvalue weighted by Gasteiger charge is 2.19. The summed E-state index contributed by atoms with van der Waals surface area (Å²) >= 11 is 0. The molecule has 57 heavy (non-hydrogen) atoms. The molecule has 0 amide bonds. The molecule has 0 heterocycles. The van der Waals surface area contributed by atoms with Crippen molar-refractivity contribution in [3.63, 3.8) is 0 Å². The van der Waals surface area contributed by atoms with E-state index in [1.165, 1.54) is 109 Å². The zero-order chi connectivity index (χ0) is 41.5. The van der Waals surface area contributed by atoms with Crippen molar-refractivity contribution in [3.05, 3.63) is 48.6 Å². The third-order valence-corrected chi connectivity index (χ3v) is 10.3. The molecule has 330 valence electrons. The van der Waals surface area contributed by atoms with E-state index in [9.17, 15) is 14.4 Å². The maximum atomic E-state index is 12.7. The van der Waals surface area contributed by atoms with Crippen molar-refractivity contribution < 1.29 is 28.6 Å². The summed E-state index contributed by atoms with van der Waals surface area (Å²) in [5, 5.41) is 0. The van der Waals surface area contributed by atoms with E-state index in [-0.39, 0.29) is 31.1 Å². The Kier molecular flexibility index (Phi) is 43.9. The number of ether oxygens (including phenoxy) is 3. The van der Waals surface area contributed by atoms with Crippen molar-refractivity contribution in [2.24, 2.45) is 0 Å². The van der Waals surface area contributed by atoms with Gasteiger partial charge >= 0.3 is 17.9 Å². The molecule has 0 spiro atoms. The smallest absolute Gasteiger partial charge is 0.306 e. The molecule has 0 saturated heterocycles. The van der Waals surface area contributed by atoms with Gasteiger partial charge in [0.15, 0.2) is 6.10 Å². The Labute approximate surface area is 352 Å². The van der Waals surface area contributed by atoms with E-state index in [4.69, 9.17) is 14.2 Å². The quantitative estimate of drug-likeness (QED) is 0.0265. The van der Waals surface area contributed by atoms with Gasteiger partial charge in [-0.05, 0) is 77.0 Å². The lowest BCUT2D eigenvalue weighted by Gasteiger charge is -2.18. The first-order chi connectivity index (χ1) is 28.0. The second-order valence-electron chi connectivity index (χ2n) is 16.0. The Morgan fingerprint density at radius 1 is 0.368 bits per heavy atom. The summed E-state index contributed by atoms with van der Waals surface area (Å²) in [6.07, 6.45) is 53.8. The van der Waals surface area contributed by atoms with E-state index in [0.29, 0.717) is 19.3 Å². The highest BCUT2D eigenvalue weighted by molar-refractivity contribution is 5.71. The second-order valence-corrected chi connectivity index (χ2v) is 16.0. The first-order valence-electron chi connectivity index (χ1n) is 24.1. The fourth-order valence-electron chi connectivity index (χ4n) is 6.69. The molecule has 0 aromatic carbocycles. The van der Waals surface area contributed by atoms with Gasteiger partial charge in [-0.3, -0.25) is 14.4 Å². The summed E-state index contributed by atoms with van der Waals surface area (Å²) in [6, 6.07) is 0. The van der Waals surface area contributed by atoms with Crippen molar-refractivity contribution in [1.29, 1.82) is 0 Å². The van der Waals surface area contributed by atoms with Gasteiger partial charge in [-0.2, -0.15) is 0 Å². The third kappa shape index (κ3) is 44.3. The summed E-state index contributed by atoms with van der Waals surface area (Å²) in [5.74, 6) is -0.922. The van der Waals surface area contributed by atoms with Crippen LogP contribution in [0.4, 0.5) is 0 Å². The molecule has 0 aromatic rings. The van der Waals surface area contributed by atoms with E-state index in [0.717, 1.165) is 89.9 Å². The molecule has 0 radical (unpaired) electrons. The summed E-state index contributed by atoms with van der Waals surface area (Å²) in [4.78, 5) is 37.8. The fourth-order valence-corrected chi connectivity index (χ4v) is 6.69. The maximum absolute atomic E-state index is 12.7. The van der Waals surface area contributed by atoms with Crippen LogP contribution in [-0.4, -0.2) is 37.2 Å². The first-order valence-corrected chi connectivity index (χ1v) is 24.1. The van der Waals surface area contributed by atoms with Gasteiger partial charge in [-0.1, -0.05) is 191 Å². The first kappa shape index (κ1) is 54.4. The van der Waals surface area contributed by atoms with Gasteiger partial charge < -0.3 is 14.2 Å². The molecular formula is C51H90O6. The molecule has 6 heteroatoms. The van der Waals surface area contributed by atoms with Crippen LogP contribution in [0.2, 0.25) is 0 Å². The number of carbonyl (C=O) groups excluding carboxylic acids is 3. The maximum Gasteiger partial charge on any atom is 0.306 e. The van der Waals surface area contributed by atoms with Crippen molar-refractivity contribution in [2.45, 2.75) is 245 Å². The van der Waals surface area contributed by atoms with Crippen LogP contribution in [-0.2, 0) is 28.6 Å². The van der Waals surface area contributed by atoms with Crippen LogP contribution in [0, 0.1) is 0 Å². The van der Waals surface area contributed by atoms with Crippen LogP contribution in [0.1, 0.15) is 239 Å². The monoisotopic (exact) mass is 799 g/mol. The van der Waals surface area contributed by atoms with Crippen LogP contribution < -0.4 is 0 Å². The minimum absolute atomic E-state index is 0.0859. The van der Waals surface area contributed by atoms with Gasteiger partial charge in [-0.25, -0.2) is 0 Å². The van der Waals surface area contributed by atoms with Gasteiger partial charge in [0, 0.05) is 19.3 Å². The highest BCUT2D eigenvalue weighted by atomic mass is 16.6. The predicted molar refractivity (Wildman–Crippen MR) is 242 cm³/mol.